The van der Waals surface area contributed by atoms with Crippen molar-refractivity contribution in [1.29, 1.82) is 0 Å². The number of thiazole rings is 1. The van der Waals surface area contributed by atoms with Gasteiger partial charge in [-0.1, -0.05) is 26.0 Å². The largest absolute Gasteiger partial charge is 0.486 e. The number of rotatable bonds is 6. The standard InChI is InChI=1S/C21H21FN2O2S/c1-13(2)15-4-8-17(9-5-15)24-21(25)20-14(3)23-19(27-20)12-26-18-10-6-16(22)7-11-18/h4-11,13H,12H2,1-3H3,(H,24,25). The Balaban J connectivity index is 1.64. The molecular weight excluding hydrogens is 363 g/mol. The van der Waals surface area contributed by atoms with Gasteiger partial charge in [-0.05, 0) is 54.8 Å². The van der Waals surface area contributed by atoms with E-state index in [1.54, 1.807) is 19.1 Å². The lowest BCUT2D eigenvalue weighted by Crippen LogP contribution is -2.11. The molecule has 2 aromatic carbocycles. The zero-order valence-electron chi connectivity index (χ0n) is 15.5. The van der Waals surface area contributed by atoms with Crippen LogP contribution in [0.5, 0.6) is 5.75 Å². The third kappa shape index (κ3) is 4.92. The van der Waals surface area contributed by atoms with Gasteiger partial charge in [-0.3, -0.25) is 4.79 Å². The molecule has 1 aromatic heterocycles. The first kappa shape index (κ1) is 19.0. The summed E-state index contributed by atoms with van der Waals surface area (Å²) in [5, 5.41) is 3.60. The maximum absolute atomic E-state index is 12.9. The molecule has 0 atom stereocenters. The molecule has 27 heavy (non-hydrogen) atoms. The highest BCUT2D eigenvalue weighted by Crippen LogP contribution is 2.23. The summed E-state index contributed by atoms with van der Waals surface area (Å²) in [5.41, 5.74) is 2.64. The summed E-state index contributed by atoms with van der Waals surface area (Å²) in [6.07, 6.45) is 0. The average molecular weight is 384 g/mol. The number of nitrogens with zero attached hydrogens (tertiary/aromatic N) is 1. The third-order valence-electron chi connectivity index (χ3n) is 4.06. The van der Waals surface area contributed by atoms with Crippen LogP contribution in [-0.2, 0) is 6.61 Å². The van der Waals surface area contributed by atoms with Crippen LogP contribution < -0.4 is 10.1 Å². The molecule has 0 unspecified atom stereocenters. The number of aryl methyl sites for hydroxylation is 1. The van der Waals surface area contributed by atoms with Gasteiger partial charge in [0, 0.05) is 5.69 Å². The van der Waals surface area contributed by atoms with Gasteiger partial charge in [-0.15, -0.1) is 11.3 Å². The van der Waals surface area contributed by atoms with Crippen LogP contribution in [0.1, 0.15) is 45.7 Å². The molecule has 0 aliphatic heterocycles. The topological polar surface area (TPSA) is 51.2 Å². The van der Waals surface area contributed by atoms with Gasteiger partial charge < -0.3 is 10.1 Å². The number of aromatic nitrogens is 1. The Kier molecular flexibility index (Phi) is 5.86. The van der Waals surface area contributed by atoms with Crippen molar-refractivity contribution in [2.24, 2.45) is 0 Å². The Bertz CT molecular complexity index is 918. The van der Waals surface area contributed by atoms with Gasteiger partial charge >= 0.3 is 0 Å². The zero-order chi connectivity index (χ0) is 19.4. The van der Waals surface area contributed by atoms with Gasteiger partial charge in [-0.25, -0.2) is 9.37 Å². The first-order valence-electron chi connectivity index (χ1n) is 8.68. The van der Waals surface area contributed by atoms with Gasteiger partial charge in [0.1, 0.15) is 28.1 Å². The molecule has 1 amide bonds. The zero-order valence-corrected chi connectivity index (χ0v) is 16.3. The predicted octanol–water partition coefficient (Wildman–Crippen LogP) is 5.55. The number of ether oxygens (including phenoxy) is 1. The molecule has 0 aliphatic rings. The van der Waals surface area contributed by atoms with Crippen molar-refractivity contribution >= 4 is 22.9 Å². The highest BCUT2D eigenvalue weighted by Gasteiger charge is 2.16. The smallest absolute Gasteiger partial charge is 0.267 e. The number of amides is 1. The van der Waals surface area contributed by atoms with E-state index < -0.39 is 0 Å². The molecule has 3 aromatic rings. The van der Waals surface area contributed by atoms with Crippen molar-refractivity contribution in [1.82, 2.24) is 4.98 Å². The number of carbonyl (C=O) groups is 1. The minimum atomic E-state index is -0.312. The fourth-order valence-electron chi connectivity index (χ4n) is 2.54. The average Bonchev–Trinajstić information content (AvgIpc) is 3.02. The number of benzene rings is 2. The van der Waals surface area contributed by atoms with Crippen LogP contribution in [0.2, 0.25) is 0 Å². The Hall–Kier alpha value is -2.73. The van der Waals surface area contributed by atoms with E-state index in [2.05, 4.69) is 24.1 Å². The van der Waals surface area contributed by atoms with E-state index in [0.29, 0.717) is 27.2 Å². The number of anilines is 1. The number of halogens is 1. The van der Waals surface area contributed by atoms with E-state index in [1.165, 1.54) is 29.0 Å². The molecule has 140 valence electrons. The van der Waals surface area contributed by atoms with Gasteiger partial charge in [-0.2, -0.15) is 0 Å². The fourth-order valence-corrected chi connectivity index (χ4v) is 3.41. The number of nitrogens with one attached hydrogen (secondary N) is 1. The molecule has 0 saturated carbocycles. The molecule has 1 N–H and O–H groups in total. The Labute approximate surface area is 162 Å². The molecule has 4 nitrogen and oxygen atoms in total. The second kappa shape index (κ2) is 8.31. The quantitative estimate of drug-likeness (QED) is 0.607. The minimum Gasteiger partial charge on any atom is -0.486 e. The molecule has 6 heteroatoms. The van der Waals surface area contributed by atoms with Crippen LogP contribution in [0.4, 0.5) is 10.1 Å². The van der Waals surface area contributed by atoms with Gasteiger partial charge in [0.15, 0.2) is 0 Å². The number of hydrogen-bond donors (Lipinski definition) is 1. The molecule has 0 saturated heterocycles. The molecule has 1 heterocycles. The lowest BCUT2D eigenvalue weighted by molar-refractivity contribution is 0.103. The van der Waals surface area contributed by atoms with Crippen LogP contribution in [0.25, 0.3) is 0 Å². The van der Waals surface area contributed by atoms with Crippen LogP contribution in [0.3, 0.4) is 0 Å². The van der Waals surface area contributed by atoms with Crippen molar-refractivity contribution in [3.8, 4) is 5.75 Å². The van der Waals surface area contributed by atoms with E-state index >= 15 is 0 Å². The lowest BCUT2D eigenvalue weighted by atomic mass is 10.0. The summed E-state index contributed by atoms with van der Waals surface area (Å²) in [6.45, 7) is 6.29. The van der Waals surface area contributed by atoms with E-state index in [1.807, 2.05) is 24.3 Å². The Morgan fingerprint density at radius 1 is 1.15 bits per heavy atom. The normalized spacial score (nSPS) is 10.9. The van der Waals surface area contributed by atoms with Gasteiger partial charge in [0.05, 0.1) is 5.69 Å². The van der Waals surface area contributed by atoms with E-state index in [4.69, 9.17) is 4.74 Å². The summed E-state index contributed by atoms with van der Waals surface area (Å²) in [5.74, 6) is 0.505. The Morgan fingerprint density at radius 3 is 2.44 bits per heavy atom. The molecule has 0 spiro atoms. The second-order valence-corrected chi connectivity index (χ2v) is 7.58. The highest BCUT2D eigenvalue weighted by molar-refractivity contribution is 7.13. The molecule has 3 rings (SSSR count). The van der Waals surface area contributed by atoms with Crippen molar-refractivity contribution < 1.29 is 13.9 Å². The fraction of sp³-hybridized carbons (Fsp3) is 0.238. The maximum Gasteiger partial charge on any atom is 0.267 e. The monoisotopic (exact) mass is 384 g/mol. The summed E-state index contributed by atoms with van der Waals surface area (Å²) in [4.78, 5) is 17.5. The molecule has 0 fully saturated rings. The Morgan fingerprint density at radius 2 is 1.81 bits per heavy atom. The van der Waals surface area contributed by atoms with Gasteiger partial charge in [0.2, 0.25) is 0 Å². The number of carbonyl (C=O) groups excluding carboxylic acids is 1. The van der Waals surface area contributed by atoms with Gasteiger partial charge in [0.25, 0.3) is 5.91 Å². The molecule has 0 bridgehead atoms. The van der Waals surface area contributed by atoms with E-state index in [-0.39, 0.29) is 18.3 Å². The predicted molar refractivity (Wildman–Crippen MR) is 106 cm³/mol. The van der Waals surface area contributed by atoms with E-state index in [9.17, 15) is 9.18 Å². The first-order valence-corrected chi connectivity index (χ1v) is 9.50. The minimum absolute atomic E-state index is 0.185. The molecular formula is C21H21FN2O2S. The lowest BCUT2D eigenvalue weighted by Gasteiger charge is -2.08. The maximum atomic E-state index is 12.9. The summed E-state index contributed by atoms with van der Waals surface area (Å²) in [6, 6.07) is 13.6. The van der Waals surface area contributed by atoms with E-state index in [0.717, 1.165) is 5.69 Å². The summed E-state index contributed by atoms with van der Waals surface area (Å²) in [7, 11) is 0. The van der Waals surface area contributed by atoms with Crippen LogP contribution in [0, 0.1) is 12.7 Å². The van der Waals surface area contributed by atoms with Crippen molar-refractivity contribution in [2.45, 2.75) is 33.3 Å². The highest BCUT2D eigenvalue weighted by atomic mass is 32.1. The van der Waals surface area contributed by atoms with Crippen LogP contribution in [0.15, 0.2) is 48.5 Å². The molecule has 0 aliphatic carbocycles. The number of hydrogen-bond acceptors (Lipinski definition) is 4. The first-order chi connectivity index (χ1) is 12.9. The summed E-state index contributed by atoms with van der Waals surface area (Å²) < 4.78 is 18.5. The van der Waals surface area contributed by atoms with Crippen LogP contribution >= 0.6 is 11.3 Å². The second-order valence-electron chi connectivity index (χ2n) is 6.50. The van der Waals surface area contributed by atoms with Crippen LogP contribution in [-0.4, -0.2) is 10.9 Å². The third-order valence-corrected chi connectivity index (χ3v) is 5.19. The SMILES string of the molecule is Cc1nc(COc2ccc(F)cc2)sc1C(=O)Nc1ccc(C(C)C)cc1. The van der Waals surface area contributed by atoms with Crippen molar-refractivity contribution in [3.63, 3.8) is 0 Å². The van der Waals surface area contributed by atoms with Crippen molar-refractivity contribution in [3.05, 3.63) is 75.5 Å². The molecule has 0 radical (unpaired) electrons. The van der Waals surface area contributed by atoms with Crippen molar-refractivity contribution in [2.75, 3.05) is 5.32 Å². The summed E-state index contributed by atoms with van der Waals surface area (Å²) >= 11 is 1.30.